The molecule has 3 fully saturated rings. The van der Waals surface area contributed by atoms with Crippen molar-refractivity contribution < 1.29 is 4.79 Å². The summed E-state index contributed by atoms with van der Waals surface area (Å²) in [6, 6.07) is 0.293. The number of likely N-dealkylation sites (tertiary alicyclic amines) is 2. The fourth-order valence-corrected chi connectivity index (χ4v) is 4.18. The van der Waals surface area contributed by atoms with Crippen molar-refractivity contribution in [3.8, 4) is 0 Å². The van der Waals surface area contributed by atoms with Gasteiger partial charge >= 0.3 is 6.03 Å². The Bertz CT molecular complexity index is 347. The SMILES string of the molecule is CC1(C)C2CNCC2CN1C(=O)N1CCCCCC1. The van der Waals surface area contributed by atoms with E-state index in [4.69, 9.17) is 0 Å². The summed E-state index contributed by atoms with van der Waals surface area (Å²) < 4.78 is 0. The number of hydrogen-bond donors (Lipinski definition) is 1. The van der Waals surface area contributed by atoms with Gasteiger partial charge in [-0.25, -0.2) is 4.79 Å². The molecular formula is C15H27N3O. The molecule has 0 saturated carbocycles. The Morgan fingerprint density at radius 3 is 2.42 bits per heavy atom. The highest BCUT2D eigenvalue weighted by molar-refractivity contribution is 5.76. The first-order valence-corrected chi connectivity index (χ1v) is 7.88. The maximum atomic E-state index is 12.8. The summed E-state index contributed by atoms with van der Waals surface area (Å²) in [6.45, 7) is 9.51. The van der Waals surface area contributed by atoms with Crippen molar-refractivity contribution in [2.75, 3.05) is 32.7 Å². The maximum absolute atomic E-state index is 12.8. The molecule has 0 aliphatic carbocycles. The van der Waals surface area contributed by atoms with E-state index in [1.54, 1.807) is 0 Å². The molecule has 2 amide bonds. The van der Waals surface area contributed by atoms with Crippen LogP contribution in [0.5, 0.6) is 0 Å². The molecule has 3 saturated heterocycles. The van der Waals surface area contributed by atoms with Crippen LogP contribution in [0, 0.1) is 11.8 Å². The van der Waals surface area contributed by atoms with E-state index >= 15 is 0 Å². The maximum Gasteiger partial charge on any atom is 0.320 e. The lowest BCUT2D eigenvalue weighted by atomic mass is 9.85. The zero-order chi connectivity index (χ0) is 13.5. The molecule has 3 heterocycles. The minimum absolute atomic E-state index is 0.0115. The smallest absolute Gasteiger partial charge is 0.320 e. The second kappa shape index (κ2) is 4.97. The highest BCUT2D eigenvalue weighted by Crippen LogP contribution is 2.41. The van der Waals surface area contributed by atoms with Crippen molar-refractivity contribution in [3.63, 3.8) is 0 Å². The van der Waals surface area contributed by atoms with Gasteiger partial charge in [-0.05, 0) is 38.5 Å². The van der Waals surface area contributed by atoms with E-state index in [-0.39, 0.29) is 5.54 Å². The monoisotopic (exact) mass is 265 g/mol. The number of nitrogens with zero attached hydrogens (tertiary/aromatic N) is 2. The summed E-state index contributed by atoms with van der Waals surface area (Å²) in [7, 11) is 0. The summed E-state index contributed by atoms with van der Waals surface area (Å²) in [5.41, 5.74) is 0.0115. The molecule has 3 aliphatic heterocycles. The van der Waals surface area contributed by atoms with Gasteiger partial charge in [0.2, 0.25) is 0 Å². The molecule has 1 N–H and O–H groups in total. The number of urea groups is 1. The van der Waals surface area contributed by atoms with Crippen LogP contribution in [0.3, 0.4) is 0 Å². The van der Waals surface area contributed by atoms with Crippen molar-refractivity contribution in [3.05, 3.63) is 0 Å². The molecule has 2 atom stereocenters. The van der Waals surface area contributed by atoms with Gasteiger partial charge in [-0.1, -0.05) is 12.8 Å². The van der Waals surface area contributed by atoms with E-state index in [1.807, 2.05) is 0 Å². The van der Waals surface area contributed by atoms with Crippen LogP contribution in [0.2, 0.25) is 0 Å². The van der Waals surface area contributed by atoms with Crippen LogP contribution < -0.4 is 5.32 Å². The third kappa shape index (κ3) is 2.24. The van der Waals surface area contributed by atoms with Gasteiger partial charge in [0.15, 0.2) is 0 Å². The summed E-state index contributed by atoms with van der Waals surface area (Å²) in [4.78, 5) is 17.1. The van der Waals surface area contributed by atoms with Crippen LogP contribution in [0.15, 0.2) is 0 Å². The molecule has 4 nitrogen and oxygen atoms in total. The highest BCUT2D eigenvalue weighted by Gasteiger charge is 2.52. The fraction of sp³-hybridized carbons (Fsp3) is 0.933. The Morgan fingerprint density at radius 2 is 1.79 bits per heavy atom. The first-order chi connectivity index (χ1) is 9.10. The molecule has 0 spiro atoms. The molecule has 0 aromatic rings. The summed E-state index contributed by atoms with van der Waals surface area (Å²) in [6.07, 6.45) is 4.91. The molecule has 0 aromatic heterocycles. The van der Waals surface area contributed by atoms with Crippen LogP contribution in [-0.4, -0.2) is 54.1 Å². The minimum atomic E-state index is 0.0115. The zero-order valence-electron chi connectivity index (χ0n) is 12.3. The highest BCUT2D eigenvalue weighted by atomic mass is 16.2. The van der Waals surface area contributed by atoms with Crippen LogP contribution in [0.4, 0.5) is 4.79 Å². The standard InChI is InChI=1S/C15H27N3O/c1-15(2)13-10-16-9-12(13)11-18(15)14(19)17-7-5-3-4-6-8-17/h12-13,16H,3-11H2,1-2H3. The number of rotatable bonds is 0. The largest absolute Gasteiger partial charge is 0.325 e. The molecule has 2 unspecified atom stereocenters. The van der Waals surface area contributed by atoms with Gasteiger partial charge in [0.25, 0.3) is 0 Å². The first-order valence-electron chi connectivity index (χ1n) is 7.88. The van der Waals surface area contributed by atoms with Crippen molar-refractivity contribution in [1.29, 1.82) is 0 Å². The molecule has 19 heavy (non-hydrogen) atoms. The molecule has 3 rings (SSSR count). The predicted octanol–water partition coefficient (Wildman–Crippen LogP) is 1.91. The second-order valence-corrected chi connectivity index (χ2v) is 6.97. The lowest BCUT2D eigenvalue weighted by Crippen LogP contribution is -2.52. The van der Waals surface area contributed by atoms with E-state index in [9.17, 15) is 4.79 Å². The van der Waals surface area contributed by atoms with E-state index in [2.05, 4.69) is 29.0 Å². The Balaban J connectivity index is 1.72. The Kier molecular flexibility index (Phi) is 3.46. The Hall–Kier alpha value is -0.770. The topological polar surface area (TPSA) is 35.6 Å². The molecule has 108 valence electrons. The van der Waals surface area contributed by atoms with Crippen LogP contribution >= 0.6 is 0 Å². The summed E-state index contributed by atoms with van der Waals surface area (Å²) in [5.74, 6) is 1.29. The lowest BCUT2D eigenvalue weighted by Gasteiger charge is -2.38. The number of amides is 2. The molecule has 0 radical (unpaired) electrons. The van der Waals surface area contributed by atoms with Gasteiger partial charge in [0.1, 0.15) is 0 Å². The number of nitrogens with one attached hydrogen (secondary N) is 1. The second-order valence-electron chi connectivity index (χ2n) is 6.97. The van der Waals surface area contributed by atoms with E-state index in [0.29, 0.717) is 17.9 Å². The molecule has 4 heteroatoms. The predicted molar refractivity (Wildman–Crippen MR) is 76.1 cm³/mol. The zero-order valence-corrected chi connectivity index (χ0v) is 12.3. The van der Waals surface area contributed by atoms with Crippen molar-refractivity contribution in [1.82, 2.24) is 15.1 Å². The van der Waals surface area contributed by atoms with Crippen LogP contribution in [0.1, 0.15) is 39.5 Å². The van der Waals surface area contributed by atoms with Crippen molar-refractivity contribution >= 4 is 6.03 Å². The quantitative estimate of drug-likeness (QED) is 0.726. The number of fused-ring (bicyclic) bond motifs is 1. The third-order valence-electron chi connectivity index (χ3n) is 5.47. The van der Waals surface area contributed by atoms with Gasteiger partial charge in [0.05, 0.1) is 0 Å². The normalized spacial score (nSPS) is 34.2. The molecule has 3 aliphatic rings. The fourth-order valence-electron chi connectivity index (χ4n) is 4.18. The number of carbonyl (C=O) groups is 1. The van der Waals surface area contributed by atoms with Crippen LogP contribution in [-0.2, 0) is 0 Å². The molecular weight excluding hydrogens is 238 g/mol. The first kappa shape index (κ1) is 13.2. The van der Waals surface area contributed by atoms with E-state index in [0.717, 1.165) is 32.7 Å². The van der Waals surface area contributed by atoms with Crippen molar-refractivity contribution in [2.24, 2.45) is 11.8 Å². The van der Waals surface area contributed by atoms with E-state index < -0.39 is 0 Å². The van der Waals surface area contributed by atoms with E-state index in [1.165, 1.54) is 25.7 Å². The van der Waals surface area contributed by atoms with Gasteiger partial charge < -0.3 is 15.1 Å². The minimum Gasteiger partial charge on any atom is -0.325 e. The summed E-state index contributed by atoms with van der Waals surface area (Å²) in [5, 5.41) is 3.48. The lowest BCUT2D eigenvalue weighted by molar-refractivity contribution is 0.113. The third-order valence-corrected chi connectivity index (χ3v) is 5.47. The Morgan fingerprint density at radius 1 is 1.11 bits per heavy atom. The number of carbonyl (C=O) groups excluding carboxylic acids is 1. The van der Waals surface area contributed by atoms with Gasteiger partial charge in [-0.15, -0.1) is 0 Å². The summed E-state index contributed by atoms with van der Waals surface area (Å²) >= 11 is 0. The average Bonchev–Trinajstić information content (AvgIpc) is 2.80. The average molecular weight is 265 g/mol. The molecule has 0 bridgehead atoms. The number of hydrogen-bond acceptors (Lipinski definition) is 2. The molecule has 0 aromatic carbocycles. The van der Waals surface area contributed by atoms with Gasteiger partial charge in [-0.3, -0.25) is 0 Å². The Labute approximate surface area is 116 Å². The van der Waals surface area contributed by atoms with Crippen molar-refractivity contribution in [2.45, 2.75) is 45.1 Å². The van der Waals surface area contributed by atoms with Gasteiger partial charge in [0, 0.05) is 38.3 Å². The van der Waals surface area contributed by atoms with Crippen LogP contribution in [0.25, 0.3) is 0 Å². The van der Waals surface area contributed by atoms with Gasteiger partial charge in [-0.2, -0.15) is 0 Å².